The highest BCUT2D eigenvalue weighted by Gasteiger charge is 2.39. The number of alkyl halides is 3. The second kappa shape index (κ2) is 10.9. The van der Waals surface area contributed by atoms with E-state index in [0.717, 1.165) is 56.2 Å². The molecule has 38 heavy (non-hydrogen) atoms. The van der Waals surface area contributed by atoms with Crippen molar-refractivity contribution in [1.82, 2.24) is 14.9 Å². The third kappa shape index (κ3) is 5.51. The van der Waals surface area contributed by atoms with Crippen LogP contribution in [0.15, 0.2) is 18.2 Å². The van der Waals surface area contributed by atoms with E-state index in [9.17, 15) is 17.6 Å². The highest BCUT2D eigenvalue weighted by molar-refractivity contribution is 5.59. The van der Waals surface area contributed by atoms with E-state index in [4.69, 9.17) is 16.3 Å². The van der Waals surface area contributed by atoms with Crippen molar-refractivity contribution in [1.29, 1.82) is 0 Å². The van der Waals surface area contributed by atoms with Crippen molar-refractivity contribution in [2.24, 2.45) is 5.92 Å². The van der Waals surface area contributed by atoms with Crippen molar-refractivity contribution in [3.63, 3.8) is 0 Å². The maximum Gasteiger partial charge on any atom is 0.421 e. The first-order valence-corrected chi connectivity index (χ1v) is 13.2. The smallest absolute Gasteiger partial charge is 0.421 e. The molecule has 0 spiro atoms. The van der Waals surface area contributed by atoms with Crippen LogP contribution in [0.4, 0.5) is 29.1 Å². The summed E-state index contributed by atoms with van der Waals surface area (Å²) in [4.78, 5) is 19.0. The molecule has 3 aliphatic heterocycles. The SMILES string of the molecule is [C-]#[N+]C[C@@H]1CCCN(c2nc(OC[C@@H]3CCCN3C)nc3c2CCN(c2cccc(F)c2C(F)(F)F)C3)C1. The van der Waals surface area contributed by atoms with Crippen LogP contribution in [0.2, 0.25) is 0 Å². The van der Waals surface area contributed by atoms with Gasteiger partial charge in [0, 0.05) is 37.2 Å². The van der Waals surface area contributed by atoms with Crippen molar-refractivity contribution in [2.75, 3.05) is 56.2 Å². The summed E-state index contributed by atoms with van der Waals surface area (Å²) in [6.45, 7) is 11.0. The largest absolute Gasteiger partial charge is 0.462 e. The minimum absolute atomic E-state index is 0.0937. The van der Waals surface area contributed by atoms with Gasteiger partial charge in [0.05, 0.1) is 17.9 Å². The van der Waals surface area contributed by atoms with Crippen molar-refractivity contribution < 1.29 is 22.3 Å². The van der Waals surface area contributed by atoms with Gasteiger partial charge in [-0.25, -0.2) is 11.0 Å². The van der Waals surface area contributed by atoms with Gasteiger partial charge < -0.3 is 24.3 Å². The Labute approximate surface area is 220 Å². The second-order valence-corrected chi connectivity index (χ2v) is 10.4. The molecular weight excluding hydrogens is 500 g/mol. The third-order valence-electron chi connectivity index (χ3n) is 7.88. The fourth-order valence-corrected chi connectivity index (χ4v) is 5.87. The number of fused-ring (bicyclic) bond motifs is 1. The predicted molar refractivity (Wildman–Crippen MR) is 136 cm³/mol. The molecule has 0 aliphatic carbocycles. The molecular formula is C27H32F4N6O. The molecule has 2 atom stereocenters. The summed E-state index contributed by atoms with van der Waals surface area (Å²) < 4.78 is 61.7. The fourth-order valence-electron chi connectivity index (χ4n) is 5.87. The Balaban J connectivity index is 1.47. The third-order valence-corrected chi connectivity index (χ3v) is 7.88. The monoisotopic (exact) mass is 532 g/mol. The zero-order valence-corrected chi connectivity index (χ0v) is 21.5. The van der Waals surface area contributed by atoms with Crippen LogP contribution < -0.4 is 14.5 Å². The summed E-state index contributed by atoms with van der Waals surface area (Å²) in [6, 6.07) is 3.93. The van der Waals surface area contributed by atoms with Crippen LogP contribution in [0.3, 0.4) is 0 Å². The zero-order valence-electron chi connectivity index (χ0n) is 21.5. The minimum atomic E-state index is -4.81. The molecule has 1 aromatic heterocycles. The Morgan fingerprint density at radius 3 is 2.66 bits per heavy atom. The quantitative estimate of drug-likeness (QED) is 0.393. The average Bonchev–Trinajstić information content (AvgIpc) is 3.30. The summed E-state index contributed by atoms with van der Waals surface area (Å²) >= 11 is 0. The normalized spacial score (nSPS) is 22.3. The topological polar surface area (TPSA) is 49.1 Å². The predicted octanol–water partition coefficient (Wildman–Crippen LogP) is 4.81. The number of aromatic nitrogens is 2. The lowest BCUT2D eigenvalue weighted by Crippen LogP contribution is -2.40. The highest BCUT2D eigenvalue weighted by atomic mass is 19.4. The van der Waals surface area contributed by atoms with E-state index in [1.807, 2.05) is 0 Å². The molecule has 0 N–H and O–H groups in total. The summed E-state index contributed by atoms with van der Waals surface area (Å²) in [5.74, 6) is -0.299. The first-order chi connectivity index (χ1) is 18.2. The molecule has 4 heterocycles. The molecule has 0 amide bonds. The molecule has 2 aromatic rings. The van der Waals surface area contributed by atoms with Crippen LogP contribution in [0.25, 0.3) is 4.85 Å². The van der Waals surface area contributed by atoms with Gasteiger partial charge in [-0.1, -0.05) is 6.07 Å². The van der Waals surface area contributed by atoms with Crippen molar-refractivity contribution in [3.05, 3.63) is 52.3 Å². The number of hydrogen-bond donors (Lipinski definition) is 0. The van der Waals surface area contributed by atoms with Gasteiger partial charge in [-0.15, -0.1) is 0 Å². The number of benzene rings is 1. The van der Waals surface area contributed by atoms with E-state index in [1.54, 1.807) is 0 Å². The van der Waals surface area contributed by atoms with E-state index in [0.29, 0.717) is 31.8 Å². The van der Waals surface area contributed by atoms with Gasteiger partial charge in [0.15, 0.2) is 0 Å². The number of hydrogen-bond acceptors (Lipinski definition) is 6. The van der Waals surface area contributed by atoms with Crippen LogP contribution in [0.5, 0.6) is 6.01 Å². The fraction of sp³-hybridized carbons (Fsp3) is 0.593. The standard InChI is InChI=1S/C27H32F4N6O/c1-32-14-18-6-4-12-37(15-18)25-20-10-13-36(23-9-3-8-21(28)24(23)27(29,30)31)16-22(20)33-26(34-25)38-17-19-7-5-11-35(19)2/h3,8-9,18-19H,4-7,10-17H2,2H3/t18-,19-/m0/s1. The van der Waals surface area contributed by atoms with Gasteiger partial charge in [0.1, 0.15) is 23.8 Å². The Kier molecular flexibility index (Phi) is 7.61. The maximum absolute atomic E-state index is 14.3. The summed E-state index contributed by atoms with van der Waals surface area (Å²) in [7, 11) is 2.06. The molecule has 2 fully saturated rings. The van der Waals surface area contributed by atoms with Crippen LogP contribution in [-0.2, 0) is 19.1 Å². The Bertz CT molecular complexity index is 1200. The minimum Gasteiger partial charge on any atom is -0.462 e. The van der Waals surface area contributed by atoms with Crippen LogP contribution >= 0.6 is 0 Å². The van der Waals surface area contributed by atoms with Crippen LogP contribution in [0, 0.1) is 18.3 Å². The van der Waals surface area contributed by atoms with Gasteiger partial charge in [0.2, 0.25) is 6.54 Å². The molecule has 0 saturated carbocycles. The van der Waals surface area contributed by atoms with E-state index in [-0.39, 0.29) is 36.7 Å². The number of nitrogens with zero attached hydrogens (tertiary/aromatic N) is 6. The molecule has 7 nitrogen and oxygen atoms in total. The lowest BCUT2D eigenvalue weighted by atomic mass is 9.96. The van der Waals surface area contributed by atoms with Gasteiger partial charge >= 0.3 is 12.2 Å². The molecule has 0 radical (unpaired) electrons. The van der Waals surface area contributed by atoms with Gasteiger partial charge in [-0.05, 0) is 57.8 Å². The van der Waals surface area contributed by atoms with Crippen molar-refractivity contribution in [3.8, 4) is 6.01 Å². The van der Waals surface area contributed by atoms with E-state index < -0.39 is 17.6 Å². The van der Waals surface area contributed by atoms with Crippen molar-refractivity contribution >= 4 is 11.5 Å². The van der Waals surface area contributed by atoms with E-state index in [2.05, 4.69) is 26.7 Å². The molecule has 2 saturated heterocycles. The highest BCUT2D eigenvalue weighted by Crippen LogP contribution is 2.41. The first-order valence-electron chi connectivity index (χ1n) is 13.2. The number of rotatable bonds is 6. The molecule has 11 heteroatoms. The van der Waals surface area contributed by atoms with Crippen LogP contribution in [0.1, 0.15) is 42.5 Å². The number of likely N-dealkylation sites (tertiary alicyclic amines) is 1. The van der Waals surface area contributed by atoms with E-state index >= 15 is 0 Å². The Hall–Kier alpha value is -3.13. The molecule has 0 bridgehead atoms. The van der Waals surface area contributed by atoms with Crippen molar-refractivity contribution in [2.45, 2.75) is 50.9 Å². The number of ether oxygens (including phenoxy) is 1. The lowest BCUT2D eigenvalue weighted by Gasteiger charge is -2.37. The molecule has 1 aromatic carbocycles. The lowest BCUT2D eigenvalue weighted by molar-refractivity contribution is -0.139. The zero-order chi connectivity index (χ0) is 26.9. The summed E-state index contributed by atoms with van der Waals surface area (Å²) in [5.41, 5.74) is 0.0469. The molecule has 3 aliphatic rings. The number of anilines is 2. The van der Waals surface area contributed by atoms with Crippen LogP contribution in [-0.4, -0.2) is 67.3 Å². The second-order valence-electron chi connectivity index (χ2n) is 10.4. The first kappa shape index (κ1) is 26.5. The Morgan fingerprint density at radius 2 is 1.92 bits per heavy atom. The molecule has 5 rings (SSSR count). The molecule has 204 valence electrons. The number of piperidine rings is 1. The number of likely N-dealkylation sites (N-methyl/N-ethyl adjacent to an activating group) is 1. The van der Waals surface area contributed by atoms with E-state index in [1.165, 1.54) is 17.0 Å². The van der Waals surface area contributed by atoms with Gasteiger partial charge in [-0.3, -0.25) is 0 Å². The van der Waals surface area contributed by atoms with Gasteiger partial charge in [0.25, 0.3) is 0 Å². The summed E-state index contributed by atoms with van der Waals surface area (Å²) in [5, 5.41) is 0. The maximum atomic E-state index is 14.3. The average molecular weight is 533 g/mol. The number of halogens is 4. The Morgan fingerprint density at radius 1 is 1.11 bits per heavy atom. The van der Waals surface area contributed by atoms with Gasteiger partial charge in [-0.2, -0.15) is 23.1 Å². The summed E-state index contributed by atoms with van der Waals surface area (Å²) in [6.07, 6.45) is -0.351. The molecule has 0 unspecified atom stereocenters.